The molecule has 2 aromatic carbocycles. The fourth-order valence-corrected chi connectivity index (χ4v) is 10.6. The standard InChI is InChI=1S/C11H12N2S.2C10H11N3S.3C9H10N4S.2C5H7N3S.C5H5N3S/c1-9(13)14-8-11-4-2-10(3-5-11)6-7-12;1-8(12)14-7-9-2-3-10(4-5-11)13-6-9;11-5-4-8-2-1-3-9(6-8)7-14-10(12)13;10-3-1-8-5-7(2-4-13-8)6-14-9(11)12;10-2-1-7-3-8(5-13-4-7)6-14-9(11)12;10-4-3-7-1-2-8(13-5-7)6-14-9(11)12;3*6-3-1-2-4-9-5(7)8/h2-5H,1,6,8,13H2;2-3,6H,1,4,7,12H2;1-3,6H,4,7H2,(H3,12,13);2,4-5H,1,6H2,(H3,11,12);3-5H,1,6H2,(H3,11,12);1-2,5H,3,6H2,(H3,11,12);2*1-2H,4H2,(H3,7,8);4H2,(H3,7,8)/b;;;;;;2-1+;2-1-;. The normalized spacial score (nSPS) is 9.11. The van der Waals surface area contributed by atoms with Gasteiger partial charge in [0.05, 0.1) is 120 Å². The van der Waals surface area contributed by atoms with Crippen molar-refractivity contribution in [1.82, 2.24) is 19.9 Å². The topological polar surface area (TPSA) is 667 Å². The first-order valence-electron chi connectivity index (χ1n) is 31.1. The second-order valence-corrected chi connectivity index (χ2v) is 29.3. The lowest BCUT2D eigenvalue weighted by atomic mass is 10.1. The van der Waals surface area contributed by atoms with E-state index in [1.54, 1.807) is 49.2 Å². The first-order valence-corrected chi connectivity index (χ1v) is 40.0. The maximum atomic E-state index is 8.52. The van der Waals surface area contributed by atoms with Gasteiger partial charge < -0.3 is 51.6 Å². The summed E-state index contributed by atoms with van der Waals surface area (Å²) in [5.41, 5.74) is 58.4. The molecule has 0 saturated carbocycles. The molecule has 6 rings (SSSR count). The molecule has 4 heterocycles. The van der Waals surface area contributed by atoms with Gasteiger partial charge in [-0.05, 0) is 74.3 Å². The molecule has 0 amide bonds. The Labute approximate surface area is 686 Å². The van der Waals surface area contributed by atoms with Gasteiger partial charge >= 0.3 is 0 Å². The lowest BCUT2D eigenvalue weighted by Crippen LogP contribution is -2.04. The van der Waals surface area contributed by atoms with Crippen molar-refractivity contribution in [2.75, 3.05) is 17.3 Å². The number of nitrogens with two attached hydrogens (primary N) is 9. The van der Waals surface area contributed by atoms with Gasteiger partial charge in [-0.15, -0.1) is 23.5 Å². The van der Waals surface area contributed by atoms with E-state index in [0.717, 1.165) is 84.9 Å². The number of benzene rings is 2. The predicted molar refractivity (Wildman–Crippen MR) is 464 cm³/mol. The number of nitrogens with zero attached hydrogens (tertiary/aromatic N) is 13. The number of rotatable bonds is 25. The highest BCUT2D eigenvalue weighted by Gasteiger charge is 2.04. The van der Waals surface area contributed by atoms with E-state index in [1.807, 2.05) is 109 Å². The van der Waals surface area contributed by atoms with Crippen LogP contribution in [0.1, 0.15) is 67.2 Å². The van der Waals surface area contributed by atoms with Gasteiger partial charge in [0.2, 0.25) is 0 Å². The van der Waals surface area contributed by atoms with Gasteiger partial charge in [0.25, 0.3) is 0 Å². The number of nitrogens with one attached hydrogen (secondary N) is 7. The molecule has 111 heavy (non-hydrogen) atoms. The zero-order chi connectivity index (χ0) is 83.7. The van der Waals surface area contributed by atoms with Crippen molar-refractivity contribution in [3.8, 4) is 66.5 Å². The molecule has 38 heteroatoms. The first kappa shape index (κ1) is 103. The quantitative estimate of drug-likeness (QED) is 0.0110. The molecule has 0 aliphatic rings. The maximum absolute atomic E-state index is 8.52. The molecule has 0 unspecified atom stereocenters. The summed E-state index contributed by atoms with van der Waals surface area (Å²) < 4.78 is 0. The van der Waals surface area contributed by atoms with Crippen LogP contribution in [0.5, 0.6) is 0 Å². The summed E-state index contributed by atoms with van der Waals surface area (Å²) >= 11 is 11.5. The van der Waals surface area contributed by atoms with Crippen molar-refractivity contribution < 1.29 is 0 Å². The average Bonchev–Trinajstić information content (AvgIpc) is 0.971. The fraction of sp³-hybridized carbons (Fsp3) is 0.205. The Morgan fingerprint density at radius 3 is 1.21 bits per heavy atom. The summed E-state index contributed by atoms with van der Waals surface area (Å²) in [7, 11) is 0. The molecule has 0 fully saturated rings. The van der Waals surface area contributed by atoms with Crippen molar-refractivity contribution >= 4 is 142 Å². The molecule has 29 nitrogen and oxygen atoms in total. The van der Waals surface area contributed by atoms with Crippen molar-refractivity contribution in [2.45, 2.75) is 73.0 Å². The monoisotopic (exact) mass is 1650 g/mol. The molecule has 0 bridgehead atoms. The number of hydrogen-bond donors (Lipinski definition) is 16. The van der Waals surface area contributed by atoms with Crippen LogP contribution in [0.3, 0.4) is 0 Å². The minimum atomic E-state index is 0.0299. The third-order valence-corrected chi connectivity index (χ3v) is 17.8. The molecular formula is C73H83N29S9. The highest BCUT2D eigenvalue weighted by Crippen LogP contribution is 2.19. The van der Waals surface area contributed by atoms with Gasteiger partial charge in [0, 0.05) is 95.1 Å². The number of hydrogen-bond acceptors (Lipinski definition) is 31. The van der Waals surface area contributed by atoms with Crippen molar-refractivity contribution in [2.24, 2.45) is 51.6 Å². The molecular weight excluding hydrogens is 1570 g/mol. The minimum absolute atomic E-state index is 0.0299. The van der Waals surface area contributed by atoms with E-state index in [4.69, 9.17) is 137 Å². The lowest BCUT2D eigenvalue weighted by molar-refractivity contribution is 1.09. The van der Waals surface area contributed by atoms with E-state index in [-0.39, 0.29) is 36.2 Å². The van der Waals surface area contributed by atoms with E-state index in [9.17, 15) is 0 Å². The Kier molecular flexibility index (Phi) is 66.0. The Morgan fingerprint density at radius 2 is 0.739 bits per heavy atom. The van der Waals surface area contributed by atoms with Gasteiger partial charge in [-0.2, -0.15) is 47.4 Å². The molecule has 0 aliphatic heterocycles. The van der Waals surface area contributed by atoms with Crippen LogP contribution >= 0.6 is 106 Å². The molecule has 25 N–H and O–H groups in total. The summed E-state index contributed by atoms with van der Waals surface area (Å²) in [6, 6.07) is 46.7. The van der Waals surface area contributed by atoms with Crippen molar-refractivity contribution in [3.63, 3.8) is 0 Å². The van der Waals surface area contributed by atoms with E-state index >= 15 is 0 Å². The van der Waals surface area contributed by atoms with Gasteiger partial charge in [-0.1, -0.05) is 180 Å². The van der Waals surface area contributed by atoms with Gasteiger partial charge in [0.15, 0.2) is 42.2 Å². The largest absolute Gasteiger partial charge is 0.394 e. The molecule has 4 aromatic heterocycles. The fourth-order valence-electron chi connectivity index (χ4n) is 6.49. The zero-order valence-corrected chi connectivity index (χ0v) is 67.4. The van der Waals surface area contributed by atoms with Crippen LogP contribution in [-0.4, -0.2) is 73.4 Å². The summed E-state index contributed by atoms with van der Waals surface area (Å²) in [6.07, 6.45) is 16.9. The molecule has 0 aliphatic carbocycles. The maximum Gasteiger partial charge on any atom is 0.152 e. The predicted octanol–water partition coefficient (Wildman–Crippen LogP) is 11.5. The molecule has 0 radical (unpaired) electrons. The number of nitriles is 9. The highest BCUT2D eigenvalue weighted by atomic mass is 32.2. The van der Waals surface area contributed by atoms with Crippen LogP contribution in [0.15, 0.2) is 169 Å². The van der Waals surface area contributed by atoms with Crippen LogP contribution in [0, 0.1) is 152 Å². The molecule has 6 aromatic rings. The van der Waals surface area contributed by atoms with E-state index in [1.165, 1.54) is 112 Å². The van der Waals surface area contributed by atoms with Crippen LogP contribution in [-0.2, 0) is 73.0 Å². The van der Waals surface area contributed by atoms with Gasteiger partial charge in [-0.3, -0.25) is 57.8 Å². The lowest BCUT2D eigenvalue weighted by Gasteiger charge is -2.01. The first-order chi connectivity index (χ1) is 53.1. The Morgan fingerprint density at radius 1 is 0.351 bits per heavy atom. The number of pyridine rings is 4. The smallest absolute Gasteiger partial charge is 0.152 e. The van der Waals surface area contributed by atoms with Crippen LogP contribution in [0.2, 0.25) is 0 Å². The van der Waals surface area contributed by atoms with Crippen LogP contribution < -0.4 is 51.6 Å². The average molecular weight is 1660 g/mol. The van der Waals surface area contributed by atoms with Crippen molar-refractivity contribution in [1.29, 1.82) is 85.2 Å². The molecule has 0 spiro atoms. The number of thioether (sulfide) groups is 9. The van der Waals surface area contributed by atoms with E-state index in [2.05, 4.69) is 75.3 Å². The molecule has 574 valence electrons. The second-order valence-electron chi connectivity index (χ2n) is 19.9. The van der Waals surface area contributed by atoms with Crippen LogP contribution in [0.4, 0.5) is 0 Å². The third-order valence-electron chi connectivity index (χ3n) is 11.1. The SMILES string of the molecule is C=C(N)SCc1ccc(CC#N)cc1.C=C(N)SCc1ccc(CC#N)nc1.N#C/C=C/CSC(=N)N.N#C/C=C\CSC(=N)N.N#CC#CCSC(=N)N.N#CCc1cc(CSC(=N)N)ccn1.N#CCc1ccc(CSC(=N)N)nc1.N#CCc1cccc(CSC(=N)N)c1.N#CCc1cncc(CSC(=N)N)c1. The summed E-state index contributed by atoms with van der Waals surface area (Å²) in [5.74, 6) is 10.5. The summed E-state index contributed by atoms with van der Waals surface area (Å²) in [6.45, 7) is 7.21. The van der Waals surface area contributed by atoms with Gasteiger partial charge in [0.1, 0.15) is 0 Å². The van der Waals surface area contributed by atoms with E-state index in [0.29, 0.717) is 88.9 Å². The Bertz CT molecular complexity index is 4030. The highest BCUT2D eigenvalue weighted by molar-refractivity contribution is 8.15. The molecule has 0 atom stereocenters. The van der Waals surface area contributed by atoms with Gasteiger partial charge in [-0.25, -0.2) is 0 Å². The number of allylic oxidation sites excluding steroid dienone is 2. The van der Waals surface area contributed by atoms with E-state index < -0.39 is 0 Å². The number of aromatic nitrogens is 4. The van der Waals surface area contributed by atoms with Crippen molar-refractivity contribution in [3.05, 3.63) is 237 Å². The van der Waals surface area contributed by atoms with Crippen LogP contribution in [0.25, 0.3) is 0 Å². The molecule has 0 saturated heterocycles. The Balaban J connectivity index is -0.00000119. The minimum Gasteiger partial charge on any atom is -0.394 e. The Hall–Kier alpha value is -12.0. The zero-order valence-electron chi connectivity index (χ0n) is 60.1. The second kappa shape index (κ2) is 71.0. The third kappa shape index (κ3) is 69.5. The summed E-state index contributed by atoms with van der Waals surface area (Å²) in [5, 5.41) is 125. The number of amidine groups is 7. The summed E-state index contributed by atoms with van der Waals surface area (Å²) in [4.78, 5) is 16.3.